The van der Waals surface area contributed by atoms with E-state index in [9.17, 15) is 0 Å². The molecular weight excluding hydrogens is 246 g/mol. The third kappa shape index (κ3) is 2.77. The molecule has 0 amide bonds. The Labute approximate surface area is 90.7 Å². The van der Waals surface area contributed by atoms with Gasteiger partial charge in [-0.1, -0.05) is 0 Å². The van der Waals surface area contributed by atoms with E-state index in [4.69, 9.17) is 10.2 Å². The lowest BCUT2D eigenvalue weighted by Crippen LogP contribution is -2.33. The van der Waals surface area contributed by atoms with Crippen LogP contribution in [-0.4, -0.2) is 12.0 Å². The van der Waals surface area contributed by atoms with Crippen LogP contribution in [-0.2, 0) is 6.54 Å². The van der Waals surface area contributed by atoms with Gasteiger partial charge in [0.2, 0.25) is 0 Å². The maximum Gasteiger partial charge on any atom is 0.189 e. The molecular formula is C9H12BrN3O. The standard InChI is InChI=1S/C9H12BrN3O/c10-8-4-3-7(14-8)5-12-9(11)13-6-1-2-6/h3-4,6H,1-2,5H2,(H3,11,12,13). The molecule has 0 bridgehead atoms. The van der Waals surface area contributed by atoms with Crippen LogP contribution in [0.25, 0.3) is 0 Å². The molecule has 1 aromatic rings. The van der Waals surface area contributed by atoms with Crippen LogP contribution >= 0.6 is 15.9 Å². The summed E-state index contributed by atoms with van der Waals surface area (Å²) in [7, 11) is 0. The first-order valence-electron chi connectivity index (χ1n) is 4.55. The highest BCUT2D eigenvalue weighted by molar-refractivity contribution is 9.10. The molecule has 1 aliphatic carbocycles. The van der Waals surface area contributed by atoms with Gasteiger partial charge in [-0.05, 0) is 40.9 Å². The van der Waals surface area contributed by atoms with Gasteiger partial charge in [0.15, 0.2) is 10.6 Å². The number of hydrogen-bond donors (Lipinski definition) is 2. The molecule has 0 spiro atoms. The first-order valence-corrected chi connectivity index (χ1v) is 5.34. The fourth-order valence-electron chi connectivity index (χ4n) is 1.08. The summed E-state index contributed by atoms with van der Waals surface area (Å²) in [6.07, 6.45) is 2.39. The molecule has 0 unspecified atom stereocenters. The Bertz CT molecular complexity index is 344. The summed E-state index contributed by atoms with van der Waals surface area (Å²) in [5.41, 5.74) is 5.65. The summed E-state index contributed by atoms with van der Waals surface area (Å²) in [6, 6.07) is 4.26. The van der Waals surface area contributed by atoms with Crippen molar-refractivity contribution in [1.29, 1.82) is 0 Å². The molecule has 1 aliphatic rings. The Morgan fingerprint density at radius 2 is 2.43 bits per heavy atom. The van der Waals surface area contributed by atoms with Gasteiger partial charge in [-0.2, -0.15) is 0 Å². The largest absolute Gasteiger partial charge is 0.452 e. The third-order valence-corrected chi connectivity index (χ3v) is 2.39. The Morgan fingerprint density at radius 1 is 1.64 bits per heavy atom. The zero-order valence-corrected chi connectivity index (χ0v) is 9.25. The van der Waals surface area contributed by atoms with E-state index in [-0.39, 0.29) is 0 Å². The van der Waals surface area contributed by atoms with Crippen molar-refractivity contribution in [2.24, 2.45) is 10.7 Å². The zero-order valence-electron chi connectivity index (χ0n) is 7.66. The second-order valence-electron chi connectivity index (χ2n) is 3.33. The predicted molar refractivity (Wildman–Crippen MR) is 57.9 cm³/mol. The van der Waals surface area contributed by atoms with Crippen LogP contribution in [0.4, 0.5) is 0 Å². The monoisotopic (exact) mass is 257 g/mol. The van der Waals surface area contributed by atoms with E-state index in [1.807, 2.05) is 12.1 Å². The van der Waals surface area contributed by atoms with Crippen molar-refractivity contribution in [3.8, 4) is 0 Å². The van der Waals surface area contributed by atoms with Gasteiger partial charge in [0.1, 0.15) is 12.3 Å². The first-order chi connectivity index (χ1) is 6.74. The van der Waals surface area contributed by atoms with Crippen molar-refractivity contribution in [3.05, 3.63) is 22.6 Å². The summed E-state index contributed by atoms with van der Waals surface area (Å²) < 4.78 is 6.00. The molecule has 0 aliphatic heterocycles. The summed E-state index contributed by atoms with van der Waals surface area (Å²) in [5.74, 6) is 1.30. The molecule has 76 valence electrons. The van der Waals surface area contributed by atoms with Gasteiger partial charge >= 0.3 is 0 Å². The smallest absolute Gasteiger partial charge is 0.189 e. The maximum absolute atomic E-state index is 5.65. The Morgan fingerprint density at radius 3 is 3.00 bits per heavy atom. The summed E-state index contributed by atoms with van der Waals surface area (Å²) in [6.45, 7) is 0.483. The fourth-order valence-corrected chi connectivity index (χ4v) is 1.42. The van der Waals surface area contributed by atoms with E-state index in [2.05, 4.69) is 26.2 Å². The number of halogens is 1. The molecule has 1 saturated carbocycles. The van der Waals surface area contributed by atoms with Crippen molar-refractivity contribution in [1.82, 2.24) is 5.32 Å². The SMILES string of the molecule is NC(=NCc1ccc(Br)o1)NC1CC1. The van der Waals surface area contributed by atoms with Crippen molar-refractivity contribution in [2.45, 2.75) is 25.4 Å². The average Bonchev–Trinajstić information content (AvgIpc) is 2.85. The van der Waals surface area contributed by atoms with Crippen molar-refractivity contribution in [3.63, 3.8) is 0 Å². The molecule has 1 heterocycles. The van der Waals surface area contributed by atoms with E-state index < -0.39 is 0 Å². The van der Waals surface area contributed by atoms with Crippen LogP contribution in [0.1, 0.15) is 18.6 Å². The molecule has 0 atom stereocenters. The van der Waals surface area contributed by atoms with Gasteiger partial charge in [0.25, 0.3) is 0 Å². The van der Waals surface area contributed by atoms with Gasteiger partial charge in [-0.15, -0.1) is 0 Å². The molecule has 0 saturated heterocycles. The van der Waals surface area contributed by atoms with Crippen molar-refractivity contribution < 1.29 is 4.42 Å². The number of nitrogens with one attached hydrogen (secondary N) is 1. The van der Waals surface area contributed by atoms with Crippen LogP contribution in [0.5, 0.6) is 0 Å². The van der Waals surface area contributed by atoms with E-state index in [1.54, 1.807) is 0 Å². The quantitative estimate of drug-likeness (QED) is 0.639. The lowest BCUT2D eigenvalue weighted by molar-refractivity contribution is 0.490. The molecule has 14 heavy (non-hydrogen) atoms. The van der Waals surface area contributed by atoms with Crippen molar-refractivity contribution >= 4 is 21.9 Å². The van der Waals surface area contributed by atoms with E-state index in [1.165, 1.54) is 12.8 Å². The van der Waals surface area contributed by atoms with Crippen LogP contribution in [0.3, 0.4) is 0 Å². The predicted octanol–water partition coefficient (Wildman–Crippen LogP) is 1.61. The molecule has 3 N–H and O–H groups in total. The molecule has 1 fully saturated rings. The van der Waals surface area contributed by atoms with Crippen LogP contribution in [0.15, 0.2) is 26.2 Å². The van der Waals surface area contributed by atoms with Crippen LogP contribution < -0.4 is 11.1 Å². The molecule has 4 nitrogen and oxygen atoms in total. The fraction of sp³-hybridized carbons (Fsp3) is 0.444. The minimum absolute atomic E-state index is 0.483. The Balaban J connectivity index is 1.84. The van der Waals surface area contributed by atoms with E-state index in [0.29, 0.717) is 18.5 Å². The number of guanidine groups is 1. The molecule has 1 aromatic heterocycles. The number of aliphatic imine (C=N–C) groups is 1. The highest BCUT2D eigenvalue weighted by atomic mass is 79.9. The minimum Gasteiger partial charge on any atom is -0.452 e. The Hall–Kier alpha value is -0.970. The van der Waals surface area contributed by atoms with Gasteiger partial charge in [0, 0.05) is 6.04 Å². The summed E-state index contributed by atoms with van der Waals surface area (Å²) >= 11 is 3.23. The van der Waals surface area contributed by atoms with Gasteiger partial charge in [-0.3, -0.25) is 0 Å². The van der Waals surface area contributed by atoms with E-state index >= 15 is 0 Å². The Kier molecular flexibility index (Phi) is 2.77. The minimum atomic E-state index is 0.483. The van der Waals surface area contributed by atoms with Crippen LogP contribution in [0.2, 0.25) is 0 Å². The average molecular weight is 258 g/mol. The number of rotatable bonds is 3. The number of furan rings is 1. The van der Waals surface area contributed by atoms with Crippen LogP contribution in [0, 0.1) is 0 Å². The third-order valence-electron chi connectivity index (χ3n) is 1.96. The van der Waals surface area contributed by atoms with Crippen molar-refractivity contribution in [2.75, 3.05) is 0 Å². The van der Waals surface area contributed by atoms with Gasteiger partial charge in [0.05, 0.1) is 0 Å². The second kappa shape index (κ2) is 4.04. The summed E-state index contributed by atoms with van der Waals surface area (Å²) in [4.78, 5) is 4.16. The number of hydrogen-bond acceptors (Lipinski definition) is 2. The molecule has 5 heteroatoms. The topological polar surface area (TPSA) is 63.5 Å². The lowest BCUT2D eigenvalue weighted by Gasteiger charge is -2.01. The maximum atomic E-state index is 5.65. The van der Waals surface area contributed by atoms with Gasteiger partial charge < -0.3 is 15.5 Å². The summed E-state index contributed by atoms with van der Waals surface area (Å²) in [5, 5.41) is 3.11. The first kappa shape index (κ1) is 9.58. The number of nitrogens with two attached hydrogens (primary N) is 1. The highest BCUT2D eigenvalue weighted by Crippen LogP contribution is 2.18. The van der Waals surface area contributed by atoms with Gasteiger partial charge in [-0.25, -0.2) is 4.99 Å². The molecule has 2 rings (SSSR count). The molecule has 0 radical (unpaired) electrons. The molecule has 0 aromatic carbocycles. The van der Waals surface area contributed by atoms with E-state index in [0.717, 1.165) is 10.4 Å². The zero-order chi connectivity index (χ0) is 9.97. The second-order valence-corrected chi connectivity index (χ2v) is 4.11. The normalized spacial score (nSPS) is 17.1. The highest BCUT2D eigenvalue weighted by Gasteiger charge is 2.21. The lowest BCUT2D eigenvalue weighted by atomic mass is 10.4. The number of nitrogens with zero attached hydrogens (tertiary/aromatic N) is 1.